The molecule has 0 saturated heterocycles. The van der Waals surface area contributed by atoms with Crippen molar-refractivity contribution in [1.82, 2.24) is 5.32 Å². The summed E-state index contributed by atoms with van der Waals surface area (Å²) >= 11 is 0. The number of nitrogens with one attached hydrogen (secondary N) is 1. The number of phenolic OH excluding ortho intramolecular Hbond substituents is 1. The summed E-state index contributed by atoms with van der Waals surface area (Å²) in [6, 6.07) is 5.91. The van der Waals surface area contributed by atoms with Crippen LogP contribution >= 0.6 is 0 Å². The first-order valence-corrected chi connectivity index (χ1v) is 7.39. The fourth-order valence-corrected chi connectivity index (χ4v) is 1.94. The molecule has 1 aromatic carbocycles. The molecule has 0 aromatic heterocycles. The van der Waals surface area contributed by atoms with E-state index in [2.05, 4.69) is 5.32 Å². The molecule has 0 saturated carbocycles. The molecule has 1 aromatic rings. The summed E-state index contributed by atoms with van der Waals surface area (Å²) in [4.78, 5) is 24.2. The summed E-state index contributed by atoms with van der Waals surface area (Å²) in [5.41, 5.74) is 0.237. The van der Waals surface area contributed by atoms with E-state index >= 15 is 0 Å². The van der Waals surface area contributed by atoms with Gasteiger partial charge in [-0.3, -0.25) is 4.79 Å². The topological polar surface area (TPSA) is 75.6 Å². The van der Waals surface area contributed by atoms with Crippen LogP contribution in [0.2, 0.25) is 0 Å². The van der Waals surface area contributed by atoms with E-state index in [1.54, 1.807) is 58.9 Å². The van der Waals surface area contributed by atoms with E-state index in [9.17, 15) is 14.7 Å². The molecular formula is C17H25NO4. The van der Waals surface area contributed by atoms with Gasteiger partial charge < -0.3 is 15.2 Å². The summed E-state index contributed by atoms with van der Waals surface area (Å²) in [7, 11) is 0. The molecule has 22 heavy (non-hydrogen) atoms. The largest absolute Gasteiger partial charge is 0.508 e. The Balaban J connectivity index is 2.82. The molecule has 1 rings (SSSR count). The Bertz CT molecular complexity index is 514. The second kappa shape index (κ2) is 7.29. The minimum Gasteiger partial charge on any atom is -0.508 e. The molecule has 0 fully saturated rings. The number of rotatable bonds is 5. The zero-order valence-electron chi connectivity index (χ0n) is 13.8. The molecule has 0 aliphatic heterocycles. The molecule has 1 amide bonds. The van der Waals surface area contributed by atoms with Crippen molar-refractivity contribution in [2.75, 3.05) is 0 Å². The van der Waals surface area contributed by atoms with Crippen molar-refractivity contribution in [2.24, 2.45) is 5.92 Å². The van der Waals surface area contributed by atoms with E-state index in [-0.39, 0.29) is 17.5 Å². The molecule has 0 aliphatic carbocycles. The fraction of sp³-hybridized carbons (Fsp3) is 0.529. The van der Waals surface area contributed by atoms with Crippen molar-refractivity contribution in [3.05, 3.63) is 29.8 Å². The number of Topliss-reactive ketones (excluding diaryl/α,β-unsaturated/α-hetero) is 1. The highest BCUT2D eigenvalue weighted by Crippen LogP contribution is 2.14. The van der Waals surface area contributed by atoms with Crippen molar-refractivity contribution in [2.45, 2.75) is 52.7 Å². The number of ketones is 1. The zero-order valence-corrected chi connectivity index (χ0v) is 13.8. The van der Waals surface area contributed by atoms with Gasteiger partial charge in [-0.1, -0.05) is 26.0 Å². The normalized spacial score (nSPS) is 12.8. The standard InChI is InChI=1S/C17H25NO4/c1-11(2)15(20)14(18-16(21)22-17(3,4)5)10-12-6-8-13(19)9-7-12/h6-9,11,14,19H,10H2,1-5H3,(H,18,21)/t14-/m0/s1. The van der Waals surface area contributed by atoms with Gasteiger partial charge in [0.15, 0.2) is 5.78 Å². The van der Waals surface area contributed by atoms with Gasteiger partial charge in [0.05, 0.1) is 6.04 Å². The van der Waals surface area contributed by atoms with Gasteiger partial charge in [0, 0.05) is 5.92 Å². The van der Waals surface area contributed by atoms with Crippen LogP contribution in [-0.4, -0.2) is 28.6 Å². The molecule has 2 N–H and O–H groups in total. The molecule has 0 radical (unpaired) electrons. The Morgan fingerprint density at radius 1 is 1.18 bits per heavy atom. The van der Waals surface area contributed by atoms with E-state index in [0.29, 0.717) is 6.42 Å². The van der Waals surface area contributed by atoms with Crippen molar-refractivity contribution < 1.29 is 19.4 Å². The Hall–Kier alpha value is -2.04. The SMILES string of the molecule is CC(C)C(=O)[C@H](Cc1ccc(O)cc1)NC(=O)OC(C)(C)C. The van der Waals surface area contributed by atoms with Crippen LogP contribution in [0.4, 0.5) is 4.79 Å². The molecule has 0 spiro atoms. The van der Waals surface area contributed by atoms with Crippen molar-refractivity contribution in [3.8, 4) is 5.75 Å². The second-order valence-corrected chi connectivity index (χ2v) is 6.63. The molecule has 122 valence electrons. The number of amides is 1. The van der Waals surface area contributed by atoms with Gasteiger partial charge in [0.1, 0.15) is 11.4 Å². The Labute approximate surface area is 131 Å². The number of alkyl carbamates (subject to hydrolysis) is 1. The molecular weight excluding hydrogens is 282 g/mol. The van der Waals surface area contributed by atoms with E-state index < -0.39 is 17.7 Å². The van der Waals surface area contributed by atoms with Crippen LogP contribution in [0.25, 0.3) is 0 Å². The lowest BCUT2D eigenvalue weighted by Gasteiger charge is -2.24. The minimum absolute atomic E-state index is 0.0565. The zero-order chi connectivity index (χ0) is 16.9. The summed E-state index contributed by atoms with van der Waals surface area (Å²) in [5, 5.41) is 11.9. The predicted molar refractivity (Wildman–Crippen MR) is 84.8 cm³/mol. The van der Waals surface area contributed by atoms with Crippen LogP contribution < -0.4 is 5.32 Å². The van der Waals surface area contributed by atoms with Gasteiger partial charge in [0.25, 0.3) is 0 Å². The van der Waals surface area contributed by atoms with E-state index in [1.165, 1.54) is 0 Å². The third-order valence-corrected chi connectivity index (χ3v) is 2.98. The summed E-state index contributed by atoms with van der Waals surface area (Å²) in [5.74, 6) is -0.0911. The van der Waals surface area contributed by atoms with Crippen LogP contribution in [0.15, 0.2) is 24.3 Å². The van der Waals surface area contributed by atoms with Crippen molar-refractivity contribution in [3.63, 3.8) is 0 Å². The lowest BCUT2D eigenvalue weighted by Crippen LogP contribution is -2.46. The number of carbonyl (C=O) groups excluding carboxylic acids is 2. The summed E-state index contributed by atoms with van der Waals surface area (Å²) in [6.45, 7) is 8.90. The van der Waals surface area contributed by atoms with Crippen LogP contribution in [-0.2, 0) is 16.0 Å². The highest BCUT2D eigenvalue weighted by Gasteiger charge is 2.26. The molecule has 0 unspecified atom stereocenters. The highest BCUT2D eigenvalue weighted by molar-refractivity contribution is 5.89. The number of hydrogen-bond acceptors (Lipinski definition) is 4. The average Bonchev–Trinajstić information content (AvgIpc) is 2.37. The smallest absolute Gasteiger partial charge is 0.408 e. The number of aromatic hydroxyl groups is 1. The molecule has 0 heterocycles. The predicted octanol–water partition coefficient (Wildman–Crippen LogP) is 3.05. The van der Waals surface area contributed by atoms with Gasteiger partial charge in [-0.15, -0.1) is 0 Å². The van der Waals surface area contributed by atoms with Crippen molar-refractivity contribution in [1.29, 1.82) is 0 Å². The fourth-order valence-electron chi connectivity index (χ4n) is 1.94. The summed E-state index contributed by atoms with van der Waals surface area (Å²) < 4.78 is 5.21. The van der Waals surface area contributed by atoms with E-state index in [1.807, 2.05) is 0 Å². The maximum absolute atomic E-state index is 12.3. The first-order chi connectivity index (χ1) is 10.1. The lowest BCUT2D eigenvalue weighted by molar-refractivity contribution is -0.124. The van der Waals surface area contributed by atoms with Crippen LogP contribution in [0, 0.1) is 5.92 Å². The molecule has 0 bridgehead atoms. The first kappa shape index (κ1) is 18.0. The highest BCUT2D eigenvalue weighted by atomic mass is 16.6. The molecule has 5 heteroatoms. The lowest BCUT2D eigenvalue weighted by atomic mass is 9.96. The van der Waals surface area contributed by atoms with Gasteiger partial charge in [0.2, 0.25) is 0 Å². The molecule has 0 aliphatic rings. The monoisotopic (exact) mass is 307 g/mol. The van der Waals surface area contributed by atoms with E-state index in [0.717, 1.165) is 5.56 Å². The number of benzene rings is 1. The number of phenols is 1. The minimum atomic E-state index is -0.653. The quantitative estimate of drug-likeness (QED) is 0.876. The number of ether oxygens (including phenoxy) is 1. The third kappa shape index (κ3) is 6.16. The average molecular weight is 307 g/mol. The summed E-state index contributed by atoms with van der Waals surface area (Å²) in [6.07, 6.45) is -0.249. The Kier molecular flexibility index (Phi) is 5.97. The third-order valence-electron chi connectivity index (χ3n) is 2.98. The Morgan fingerprint density at radius 2 is 1.73 bits per heavy atom. The second-order valence-electron chi connectivity index (χ2n) is 6.63. The van der Waals surface area contributed by atoms with E-state index in [4.69, 9.17) is 4.74 Å². The maximum Gasteiger partial charge on any atom is 0.408 e. The van der Waals surface area contributed by atoms with Gasteiger partial charge in [-0.05, 0) is 44.9 Å². The molecule has 1 atom stereocenters. The van der Waals surface area contributed by atoms with Crippen LogP contribution in [0.5, 0.6) is 5.75 Å². The molecule has 5 nitrogen and oxygen atoms in total. The van der Waals surface area contributed by atoms with Crippen molar-refractivity contribution >= 4 is 11.9 Å². The maximum atomic E-state index is 12.3. The van der Waals surface area contributed by atoms with Crippen LogP contribution in [0.3, 0.4) is 0 Å². The van der Waals surface area contributed by atoms with Gasteiger partial charge in [-0.2, -0.15) is 0 Å². The van der Waals surface area contributed by atoms with Gasteiger partial charge >= 0.3 is 6.09 Å². The Morgan fingerprint density at radius 3 is 2.18 bits per heavy atom. The van der Waals surface area contributed by atoms with Crippen LogP contribution in [0.1, 0.15) is 40.2 Å². The number of hydrogen-bond donors (Lipinski definition) is 2. The first-order valence-electron chi connectivity index (χ1n) is 7.39. The number of carbonyl (C=O) groups is 2. The van der Waals surface area contributed by atoms with Gasteiger partial charge in [-0.25, -0.2) is 4.79 Å².